The van der Waals surface area contributed by atoms with E-state index >= 15 is 0 Å². The zero-order chi connectivity index (χ0) is 18.9. The molecule has 0 saturated carbocycles. The molecule has 1 aromatic heterocycles. The van der Waals surface area contributed by atoms with Crippen molar-refractivity contribution in [3.05, 3.63) is 78.5 Å². The largest absolute Gasteiger partial charge is 0.369 e. The molecule has 140 valence electrons. The van der Waals surface area contributed by atoms with Crippen molar-refractivity contribution in [2.45, 2.75) is 6.92 Å². The third-order valence-electron chi connectivity index (χ3n) is 5.53. The third-order valence-corrected chi connectivity index (χ3v) is 5.53. The standard InChI is InChI=1S/C24H24N4/c1-18-23-11-10-20(17-24(23)28(26-18)21-7-3-2-4-8-21)19-6-5-9-22(16-19)27-14-12-25-13-15-27/h2-11,16-17,25H,12-15H2,1H3. The van der Waals surface area contributed by atoms with Crippen LogP contribution in [0, 0.1) is 6.92 Å². The lowest BCUT2D eigenvalue weighted by Gasteiger charge is -2.29. The van der Waals surface area contributed by atoms with E-state index in [4.69, 9.17) is 5.10 Å². The lowest BCUT2D eigenvalue weighted by molar-refractivity contribution is 0.589. The predicted molar refractivity (Wildman–Crippen MR) is 116 cm³/mol. The Balaban J connectivity index is 1.58. The van der Waals surface area contributed by atoms with E-state index < -0.39 is 0 Å². The van der Waals surface area contributed by atoms with E-state index in [0.717, 1.165) is 43.1 Å². The van der Waals surface area contributed by atoms with Crippen molar-refractivity contribution in [1.29, 1.82) is 0 Å². The summed E-state index contributed by atoms with van der Waals surface area (Å²) < 4.78 is 2.05. The van der Waals surface area contributed by atoms with Crippen molar-refractivity contribution in [2.75, 3.05) is 31.1 Å². The van der Waals surface area contributed by atoms with Crippen molar-refractivity contribution in [2.24, 2.45) is 0 Å². The third kappa shape index (κ3) is 3.06. The zero-order valence-corrected chi connectivity index (χ0v) is 16.1. The first kappa shape index (κ1) is 17.0. The van der Waals surface area contributed by atoms with Gasteiger partial charge in [0.05, 0.1) is 16.9 Å². The van der Waals surface area contributed by atoms with Crippen molar-refractivity contribution in [3.8, 4) is 16.8 Å². The lowest BCUT2D eigenvalue weighted by Crippen LogP contribution is -2.43. The average Bonchev–Trinajstić information content (AvgIpc) is 3.11. The first-order valence-corrected chi connectivity index (χ1v) is 9.90. The summed E-state index contributed by atoms with van der Waals surface area (Å²) >= 11 is 0. The minimum Gasteiger partial charge on any atom is -0.369 e. The maximum Gasteiger partial charge on any atom is 0.0750 e. The second-order valence-electron chi connectivity index (χ2n) is 7.35. The molecule has 1 aliphatic rings. The molecule has 2 heterocycles. The highest BCUT2D eigenvalue weighted by Gasteiger charge is 2.13. The summed E-state index contributed by atoms with van der Waals surface area (Å²) in [6.07, 6.45) is 0. The summed E-state index contributed by atoms with van der Waals surface area (Å²) in [5.41, 5.74) is 7.06. The smallest absolute Gasteiger partial charge is 0.0750 e. The van der Waals surface area contributed by atoms with Gasteiger partial charge in [0, 0.05) is 37.3 Å². The fourth-order valence-electron chi connectivity index (χ4n) is 4.02. The predicted octanol–water partition coefficient (Wildman–Crippen LogP) is 4.41. The molecule has 0 amide bonds. The van der Waals surface area contributed by atoms with E-state index in [1.807, 2.05) is 10.7 Å². The van der Waals surface area contributed by atoms with Crippen molar-refractivity contribution in [3.63, 3.8) is 0 Å². The zero-order valence-electron chi connectivity index (χ0n) is 16.1. The van der Waals surface area contributed by atoms with Gasteiger partial charge < -0.3 is 10.2 Å². The van der Waals surface area contributed by atoms with Gasteiger partial charge in [-0.05, 0) is 48.4 Å². The molecule has 0 spiro atoms. The Morgan fingerprint density at radius 2 is 1.54 bits per heavy atom. The summed E-state index contributed by atoms with van der Waals surface area (Å²) in [4.78, 5) is 2.46. The molecule has 4 aromatic rings. The number of nitrogens with zero attached hydrogens (tertiary/aromatic N) is 3. The number of fused-ring (bicyclic) bond motifs is 1. The summed E-state index contributed by atoms with van der Waals surface area (Å²) in [6, 6.07) is 25.9. The van der Waals surface area contributed by atoms with Crippen LogP contribution in [0.1, 0.15) is 5.69 Å². The molecule has 0 bridgehead atoms. The molecule has 0 radical (unpaired) electrons. The molecule has 4 heteroatoms. The number of nitrogens with one attached hydrogen (secondary N) is 1. The monoisotopic (exact) mass is 368 g/mol. The van der Waals surface area contributed by atoms with Crippen LogP contribution in [0.25, 0.3) is 27.7 Å². The van der Waals surface area contributed by atoms with E-state index in [0.29, 0.717) is 0 Å². The van der Waals surface area contributed by atoms with Gasteiger partial charge in [-0.2, -0.15) is 5.10 Å². The number of para-hydroxylation sites is 1. The summed E-state index contributed by atoms with van der Waals surface area (Å²) in [7, 11) is 0. The first-order chi connectivity index (χ1) is 13.8. The topological polar surface area (TPSA) is 33.1 Å². The minimum absolute atomic E-state index is 1.05. The van der Waals surface area contributed by atoms with E-state index in [1.54, 1.807) is 0 Å². The van der Waals surface area contributed by atoms with Gasteiger partial charge in [0.25, 0.3) is 0 Å². The molecule has 1 aliphatic heterocycles. The van der Waals surface area contributed by atoms with Crippen molar-refractivity contribution in [1.82, 2.24) is 15.1 Å². The maximum absolute atomic E-state index is 4.79. The molecule has 1 saturated heterocycles. The Bertz CT molecular complexity index is 1110. The second-order valence-corrected chi connectivity index (χ2v) is 7.35. The Morgan fingerprint density at radius 3 is 2.36 bits per heavy atom. The number of aromatic nitrogens is 2. The number of rotatable bonds is 3. The van der Waals surface area contributed by atoms with Gasteiger partial charge >= 0.3 is 0 Å². The Kier molecular flexibility index (Phi) is 4.34. The number of hydrogen-bond donors (Lipinski definition) is 1. The highest BCUT2D eigenvalue weighted by Crippen LogP contribution is 2.30. The SMILES string of the molecule is Cc1nn(-c2ccccc2)c2cc(-c3cccc(N4CCNCC4)c3)ccc12. The van der Waals surface area contributed by atoms with Crippen molar-refractivity contribution >= 4 is 16.6 Å². The molecule has 3 aromatic carbocycles. The molecule has 1 fully saturated rings. The molecule has 1 N–H and O–H groups in total. The van der Waals surface area contributed by atoms with Gasteiger partial charge in [-0.1, -0.05) is 42.5 Å². The molecular weight excluding hydrogens is 344 g/mol. The fraction of sp³-hybridized carbons (Fsp3) is 0.208. The number of piperazine rings is 1. The molecule has 4 nitrogen and oxygen atoms in total. The van der Waals surface area contributed by atoms with Crippen LogP contribution < -0.4 is 10.2 Å². The molecular formula is C24H24N4. The van der Waals surface area contributed by atoms with Gasteiger partial charge in [0.2, 0.25) is 0 Å². The van der Waals surface area contributed by atoms with Gasteiger partial charge in [0.1, 0.15) is 0 Å². The number of hydrogen-bond acceptors (Lipinski definition) is 3. The van der Waals surface area contributed by atoms with Crippen molar-refractivity contribution < 1.29 is 0 Å². The molecule has 28 heavy (non-hydrogen) atoms. The molecule has 0 atom stereocenters. The van der Waals surface area contributed by atoms with Crippen LogP contribution >= 0.6 is 0 Å². The van der Waals surface area contributed by atoms with Crippen LogP contribution in [0.4, 0.5) is 5.69 Å². The maximum atomic E-state index is 4.79. The van der Waals surface area contributed by atoms with Crippen LogP contribution in [-0.4, -0.2) is 36.0 Å². The Hall–Kier alpha value is -3.11. The number of anilines is 1. The van der Waals surface area contributed by atoms with E-state index in [9.17, 15) is 0 Å². The molecule has 0 aliphatic carbocycles. The van der Waals surface area contributed by atoms with Crippen LogP contribution in [0.2, 0.25) is 0 Å². The van der Waals surface area contributed by atoms with Gasteiger partial charge in [0.15, 0.2) is 0 Å². The first-order valence-electron chi connectivity index (χ1n) is 9.90. The number of benzene rings is 3. The molecule has 5 rings (SSSR count). The van der Waals surface area contributed by atoms with Crippen LogP contribution in [0.15, 0.2) is 72.8 Å². The fourth-order valence-corrected chi connectivity index (χ4v) is 4.02. The van der Waals surface area contributed by atoms with Crippen LogP contribution in [-0.2, 0) is 0 Å². The highest BCUT2D eigenvalue weighted by molar-refractivity contribution is 5.88. The summed E-state index contributed by atoms with van der Waals surface area (Å²) in [6.45, 7) is 6.29. The second kappa shape index (κ2) is 7.13. The van der Waals surface area contributed by atoms with E-state index in [-0.39, 0.29) is 0 Å². The van der Waals surface area contributed by atoms with E-state index in [1.165, 1.54) is 22.2 Å². The van der Waals surface area contributed by atoms with E-state index in [2.05, 4.69) is 83.9 Å². The van der Waals surface area contributed by atoms with Crippen LogP contribution in [0.5, 0.6) is 0 Å². The van der Waals surface area contributed by atoms with Crippen LogP contribution in [0.3, 0.4) is 0 Å². The summed E-state index contributed by atoms with van der Waals surface area (Å²) in [5, 5.41) is 9.41. The Morgan fingerprint density at radius 1 is 0.786 bits per heavy atom. The molecule has 0 unspecified atom stereocenters. The number of aryl methyl sites for hydroxylation is 1. The van der Waals surface area contributed by atoms with Gasteiger partial charge in [-0.25, -0.2) is 4.68 Å². The highest BCUT2D eigenvalue weighted by atomic mass is 15.3. The average molecular weight is 368 g/mol. The lowest BCUT2D eigenvalue weighted by atomic mass is 10.0. The Labute approximate surface area is 165 Å². The van der Waals surface area contributed by atoms with Gasteiger partial charge in [-0.3, -0.25) is 0 Å². The minimum atomic E-state index is 1.05. The summed E-state index contributed by atoms with van der Waals surface area (Å²) in [5.74, 6) is 0. The normalized spacial score (nSPS) is 14.5. The van der Waals surface area contributed by atoms with Gasteiger partial charge in [-0.15, -0.1) is 0 Å². The quantitative estimate of drug-likeness (QED) is 0.581.